The van der Waals surface area contributed by atoms with E-state index in [9.17, 15) is 0 Å². The molecule has 1 aromatic rings. The lowest BCUT2D eigenvalue weighted by molar-refractivity contribution is -0.217. The predicted octanol–water partition coefficient (Wildman–Crippen LogP) is 3.14. The van der Waals surface area contributed by atoms with Crippen molar-refractivity contribution in [3.8, 4) is 0 Å². The van der Waals surface area contributed by atoms with Gasteiger partial charge < -0.3 is 10.1 Å². The van der Waals surface area contributed by atoms with Crippen molar-refractivity contribution in [2.24, 2.45) is 0 Å². The molecular weight excluding hydrogens is 222 g/mol. The molecule has 1 saturated heterocycles. The van der Waals surface area contributed by atoms with E-state index in [1.165, 1.54) is 43.2 Å². The molecule has 1 saturated carbocycles. The van der Waals surface area contributed by atoms with Crippen LogP contribution in [0.4, 0.5) is 0 Å². The highest BCUT2D eigenvalue weighted by Gasteiger charge is 2.57. The fourth-order valence-corrected chi connectivity index (χ4v) is 4.04. The Labute approximate surface area is 110 Å². The highest BCUT2D eigenvalue weighted by Crippen LogP contribution is 2.53. The zero-order chi connectivity index (χ0) is 12.6. The Morgan fingerprint density at radius 1 is 1.11 bits per heavy atom. The van der Waals surface area contributed by atoms with E-state index in [-0.39, 0.29) is 11.1 Å². The van der Waals surface area contributed by atoms with Gasteiger partial charge >= 0.3 is 0 Å². The van der Waals surface area contributed by atoms with Crippen LogP contribution in [0.25, 0.3) is 0 Å². The van der Waals surface area contributed by atoms with Crippen molar-refractivity contribution in [1.29, 1.82) is 0 Å². The van der Waals surface area contributed by atoms with Crippen molar-refractivity contribution in [2.75, 3.05) is 13.7 Å². The summed E-state index contributed by atoms with van der Waals surface area (Å²) in [5.74, 6) is 0. The number of aryl methyl sites for hydroxylation is 1. The largest absolute Gasteiger partial charge is 0.373 e. The number of nitrogens with one attached hydrogen (secondary N) is 1. The van der Waals surface area contributed by atoms with E-state index in [2.05, 4.69) is 43.6 Å². The molecule has 1 heterocycles. The molecule has 2 aliphatic rings. The smallest absolute Gasteiger partial charge is 0.0926 e. The lowest BCUT2D eigenvalue weighted by Gasteiger charge is -2.58. The van der Waals surface area contributed by atoms with E-state index in [1.807, 2.05) is 0 Å². The Balaban J connectivity index is 2.10. The van der Waals surface area contributed by atoms with Crippen molar-refractivity contribution in [1.82, 2.24) is 5.32 Å². The van der Waals surface area contributed by atoms with Gasteiger partial charge in [0, 0.05) is 6.42 Å². The van der Waals surface area contributed by atoms with Crippen LogP contribution in [0.15, 0.2) is 24.3 Å². The average molecular weight is 245 g/mol. The molecule has 1 aliphatic carbocycles. The lowest BCUT2D eigenvalue weighted by Crippen LogP contribution is -2.67. The number of likely N-dealkylation sites (N-methyl/N-ethyl adjacent to an activating group) is 1. The molecule has 1 N–H and O–H groups in total. The second-order valence-electron chi connectivity index (χ2n) is 5.77. The van der Waals surface area contributed by atoms with E-state index in [4.69, 9.17) is 4.74 Å². The summed E-state index contributed by atoms with van der Waals surface area (Å²) < 4.78 is 6.11. The van der Waals surface area contributed by atoms with Gasteiger partial charge in [-0.1, -0.05) is 37.1 Å². The van der Waals surface area contributed by atoms with Crippen LogP contribution in [-0.4, -0.2) is 19.3 Å². The molecule has 0 radical (unpaired) electrons. The van der Waals surface area contributed by atoms with Crippen molar-refractivity contribution >= 4 is 0 Å². The normalized spacial score (nSPS) is 35.4. The van der Waals surface area contributed by atoms with Crippen LogP contribution in [0.3, 0.4) is 0 Å². The van der Waals surface area contributed by atoms with Gasteiger partial charge in [-0.3, -0.25) is 0 Å². The predicted molar refractivity (Wildman–Crippen MR) is 73.7 cm³/mol. The second kappa shape index (κ2) is 4.36. The van der Waals surface area contributed by atoms with Crippen LogP contribution in [0.1, 0.15) is 43.2 Å². The second-order valence-corrected chi connectivity index (χ2v) is 5.77. The molecule has 0 bridgehead atoms. The zero-order valence-corrected chi connectivity index (χ0v) is 11.5. The molecule has 1 unspecified atom stereocenters. The van der Waals surface area contributed by atoms with Gasteiger partial charge in [-0.25, -0.2) is 0 Å². The summed E-state index contributed by atoms with van der Waals surface area (Å²) >= 11 is 0. The van der Waals surface area contributed by atoms with Gasteiger partial charge in [0.05, 0.1) is 17.7 Å². The van der Waals surface area contributed by atoms with Crippen molar-refractivity contribution < 1.29 is 4.74 Å². The first-order chi connectivity index (χ1) is 8.74. The summed E-state index contributed by atoms with van der Waals surface area (Å²) in [5.41, 5.74) is 2.89. The van der Waals surface area contributed by atoms with Crippen LogP contribution < -0.4 is 5.32 Å². The highest BCUT2D eigenvalue weighted by molar-refractivity contribution is 5.37. The molecule has 2 fully saturated rings. The standard InChI is InChI=1S/C16H23NO/c1-13-7-3-4-8-14(13)16(17-2)10-6-5-9-15(16)11-12-18-15/h3-4,7-8,17H,5-6,9-12H2,1-2H3/t15?,16-/m0/s1. The third-order valence-electron chi connectivity index (χ3n) is 5.08. The Kier molecular flexibility index (Phi) is 2.95. The molecule has 2 nitrogen and oxygen atoms in total. The zero-order valence-electron chi connectivity index (χ0n) is 11.5. The van der Waals surface area contributed by atoms with Gasteiger partial charge in [-0.05, 0) is 37.9 Å². The van der Waals surface area contributed by atoms with Gasteiger partial charge in [0.2, 0.25) is 0 Å². The summed E-state index contributed by atoms with van der Waals surface area (Å²) in [6.07, 6.45) is 6.17. The minimum absolute atomic E-state index is 0.0227. The van der Waals surface area contributed by atoms with Gasteiger partial charge in [0.15, 0.2) is 0 Å². The Morgan fingerprint density at radius 2 is 1.83 bits per heavy atom. The molecule has 0 aromatic heterocycles. The van der Waals surface area contributed by atoms with Crippen molar-refractivity contribution in [3.63, 3.8) is 0 Å². The quantitative estimate of drug-likeness (QED) is 0.864. The summed E-state index contributed by atoms with van der Waals surface area (Å²) in [5, 5.41) is 3.64. The molecule has 2 heteroatoms. The maximum atomic E-state index is 6.11. The topological polar surface area (TPSA) is 21.3 Å². The van der Waals surface area contributed by atoms with E-state index >= 15 is 0 Å². The molecule has 1 spiro atoms. The van der Waals surface area contributed by atoms with Crippen LogP contribution in [0, 0.1) is 6.92 Å². The van der Waals surface area contributed by atoms with Crippen LogP contribution in [0.2, 0.25) is 0 Å². The first-order valence-electron chi connectivity index (χ1n) is 7.13. The summed E-state index contributed by atoms with van der Waals surface area (Å²) in [6, 6.07) is 8.78. The highest BCUT2D eigenvalue weighted by atomic mass is 16.5. The van der Waals surface area contributed by atoms with Crippen LogP contribution in [0.5, 0.6) is 0 Å². The number of benzene rings is 1. The first-order valence-corrected chi connectivity index (χ1v) is 7.13. The number of ether oxygens (including phenoxy) is 1. The number of hydrogen-bond acceptors (Lipinski definition) is 2. The minimum Gasteiger partial charge on any atom is -0.373 e. The minimum atomic E-state index is 0.0227. The Hall–Kier alpha value is -0.860. The summed E-state index contributed by atoms with van der Waals surface area (Å²) in [6.45, 7) is 3.14. The van der Waals surface area contributed by atoms with Gasteiger partial charge in [-0.15, -0.1) is 0 Å². The molecule has 3 rings (SSSR count). The lowest BCUT2D eigenvalue weighted by atomic mass is 9.61. The fraction of sp³-hybridized carbons (Fsp3) is 0.625. The van der Waals surface area contributed by atoms with Crippen molar-refractivity contribution in [2.45, 2.75) is 50.2 Å². The third kappa shape index (κ3) is 1.49. The SMILES string of the molecule is CN[C@]1(c2ccccc2C)CCCCC12CCO2. The van der Waals surface area contributed by atoms with Crippen LogP contribution in [-0.2, 0) is 10.3 Å². The molecule has 2 atom stereocenters. The van der Waals surface area contributed by atoms with Crippen LogP contribution >= 0.6 is 0 Å². The third-order valence-corrected chi connectivity index (χ3v) is 5.08. The van der Waals surface area contributed by atoms with Gasteiger partial charge in [0.25, 0.3) is 0 Å². The Morgan fingerprint density at radius 3 is 2.44 bits per heavy atom. The first kappa shape index (κ1) is 12.2. The molecule has 1 aromatic carbocycles. The molecule has 18 heavy (non-hydrogen) atoms. The molecule has 1 aliphatic heterocycles. The van der Waals surface area contributed by atoms with E-state index in [0.717, 1.165) is 6.61 Å². The van der Waals surface area contributed by atoms with Gasteiger partial charge in [0.1, 0.15) is 0 Å². The molecule has 98 valence electrons. The number of rotatable bonds is 2. The monoisotopic (exact) mass is 245 g/mol. The van der Waals surface area contributed by atoms with Gasteiger partial charge in [-0.2, -0.15) is 0 Å². The van der Waals surface area contributed by atoms with E-state index in [1.54, 1.807) is 0 Å². The molecule has 0 amide bonds. The van der Waals surface area contributed by atoms with Crippen molar-refractivity contribution in [3.05, 3.63) is 35.4 Å². The average Bonchev–Trinajstić information content (AvgIpc) is 2.37. The number of hydrogen-bond donors (Lipinski definition) is 1. The van der Waals surface area contributed by atoms with E-state index in [0.29, 0.717) is 0 Å². The van der Waals surface area contributed by atoms with E-state index < -0.39 is 0 Å². The molecular formula is C16H23NO. The summed E-state index contributed by atoms with van der Waals surface area (Å²) in [4.78, 5) is 0. The summed E-state index contributed by atoms with van der Waals surface area (Å²) in [7, 11) is 2.10. The Bertz CT molecular complexity index is 438. The maximum Gasteiger partial charge on any atom is 0.0926 e. The fourth-order valence-electron chi connectivity index (χ4n) is 4.04. The maximum absolute atomic E-state index is 6.11.